The van der Waals surface area contributed by atoms with Crippen LogP contribution in [0.4, 0.5) is 0 Å². The summed E-state index contributed by atoms with van der Waals surface area (Å²) in [6, 6.07) is 6.06. The molecule has 0 aliphatic rings. The first kappa shape index (κ1) is 11.6. The number of amides is 1. The zero-order valence-corrected chi connectivity index (χ0v) is 9.46. The molecule has 1 aromatic rings. The first-order chi connectivity index (χ1) is 7.13. The first-order valence-corrected chi connectivity index (χ1v) is 5.01. The molecule has 0 aliphatic heterocycles. The Kier molecular flexibility index (Phi) is 4.16. The molecule has 0 bridgehead atoms. The van der Waals surface area contributed by atoms with Crippen molar-refractivity contribution in [1.29, 1.82) is 0 Å². The molecular formula is C12H17NO2. The summed E-state index contributed by atoms with van der Waals surface area (Å²) in [7, 11) is 1.67. The van der Waals surface area contributed by atoms with Gasteiger partial charge in [-0.3, -0.25) is 4.79 Å². The van der Waals surface area contributed by atoms with Gasteiger partial charge in [-0.1, -0.05) is 12.1 Å². The molecule has 1 N–H and O–H groups in total. The highest BCUT2D eigenvalue weighted by Crippen LogP contribution is 2.18. The second-order valence-electron chi connectivity index (χ2n) is 3.54. The molecule has 0 radical (unpaired) electrons. The SMILES string of the molecule is COc1ccc(CCNC(C)=O)cc1C. The van der Waals surface area contributed by atoms with Gasteiger partial charge < -0.3 is 10.1 Å². The molecule has 1 rings (SSSR count). The van der Waals surface area contributed by atoms with E-state index < -0.39 is 0 Å². The molecule has 0 heterocycles. The molecule has 3 heteroatoms. The number of methoxy groups -OCH3 is 1. The number of ether oxygens (including phenoxy) is 1. The van der Waals surface area contributed by atoms with Crippen LogP contribution in [0.3, 0.4) is 0 Å². The largest absolute Gasteiger partial charge is 0.496 e. The normalized spacial score (nSPS) is 9.80. The molecule has 15 heavy (non-hydrogen) atoms. The van der Waals surface area contributed by atoms with Gasteiger partial charge >= 0.3 is 0 Å². The molecule has 0 atom stereocenters. The Morgan fingerprint density at radius 3 is 2.73 bits per heavy atom. The maximum absolute atomic E-state index is 10.7. The van der Waals surface area contributed by atoms with E-state index >= 15 is 0 Å². The molecule has 3 nitrogen and oxygen atoms in total. The zero-order chi connectivity index (χ0) is 11.3. The van der Waals surface area contributed by atoms with Crippen LogP contribution in [0.15, 0.2) is 18.2 Å². The molecule has 0 aliphatic carbocycles. The highest BCUT2D eigenvalue weighted by atomic mass is 16.5. The van der Waals surface area contributed by atoms with E-state index in [0.717, 1.165) is 17.7 Å². The number of hydrogen-bond donors (Lipinski definition) is 1. The smallest absolute Gasteiger partial charge is 0.216 e. The van der Waals surface area contributed by atoms with Crippen molar-refractivity contribution < 1.29 is 9.53 Å². The van der Waals surface area contributed by atoms with Crippen LogP contribution in [0.2, 0.25) is 0 Å². The van der Waals surface area contributed by atoms with Gasteiger partial charge in [-0.25, -0.2) is 0 Å². The van der Waals surface area contributed by atoms with Gasteiger partial charge in [-0.2, -0.15) is 0 Å². The van der Waals surface area contributed by atoms with Crippen LogP contribution in [0.1, 0.15) is 18.1 Å². The van der Waals surface area contributed by atoms with Crippen molar-refractivity contribution in [3.05, 3.63) is 29.3 Å². The first-order valence-electron chi connectivity index (χ1n) is 5.01. The van der Waals surface area contributed by atoms with Crippen molar-refractivity contribution in [1.82, 2.24) is 5.32 Å². The fourth-order valence-corrected chi connectivity index (χ4v) is 1.48. The Morgan fingerprint density at radius 1 is 1.47 bits per heavy atom. The molecule has 82 valence electrons. The van der Waals surface area contributed by atoms with E-state index in [-0.39, 0.29) is 5.91 Å². The number of carbonyl (C=O) groups excluding carboxylic acids is 1. The van der Waals surface area contributed by atoms with Crippen LogP contribution in [0.5, 0.6) is 5.75 Å². The minimum atomic E-state index is 0.0141. The van der Waals surface area contributed by atoms with E-state index in [4.69, 9.17) is 4.74 Å². The molecule has 0 aromatic heterocycles. The third-order valence-electron chi connectivity index (χ3n) is 2.25. The van der Waals surface area contributed by atoms with Crippen LogP contribution >= 0.6 is 0 Å². The van der Waals surface area contributed by atoms with Crippen molar-refractivity contribution >= 4 is 5.91 Å². The van der Waals surface area contributed by atoms with Crippen LogP contribution in [0, 0.1) is 6.92 Å². The lowest BCUT2D eigenvalue weighted by atomic mass is 10.1. The lowest BCUT2D eigenvalue weighted by molar-refractivity contribution is -0.118. The van der Waals surface area contributed by atoms with E-state index in [9.17, 15) is 4.79 Å². The van der Waals surface area contributed by atoms with Crippen molar-refractivity contribution in [2.75, 3.05) is 13.7 Å². The summed E-state index contributed by atoms with van der Waals surface area (Å²) < 4.78 is 5.17. The highest BCUT2D eigenvalue weighted by molar-refractivity contribution is 5.72. The third kappa shape index (κ3) is 3.62. The lowest BCUT2D eigenvalue weighted by Crippen LogP contribution is -2.22. The van der Waals surface area contributed by atoms with Gasteiger partial charge in [-0.05, 0) is 30.5 Å². The molecule has 1 amide bonds. The Labute approximate surface area is 90.4 Å². The average Bonchev–Trinajstić information content (AvgIpc) is 2.17. The lowest BCUT2D eigenvalue weighted by Gasteiger charge is -2.07. The zero-order valence-electron chi connectivity index (χ0n) is 9.46. The number of benzene rings is 1. The Hall–Kier alpha value is -1.51. The minimum absolute atomic E-state index is 0.0141. The maximum atomic E-state index is 10.7. The quantitative estimate of drug-likeness (QED) is 0.815. The average molecular weight is 207 g/mol. The van der Waals surface area contributed by atoms with Crippen molar-refractivity contribution in [2.24, 2.45) is 0 Å². The number of hydrogen-bond acceptors (Lipinski definition) is 2. The number of aryl methyl sites for hydroxylation is 1. The summed E-state index contributed by atoms with van der Waals surface area (Å²) in [4.78, 5) is 10.7. The summed E-state index contributed by atoms with van der Waals surface area (Å²) in [5, 5.41) is 2.77. The van der Waals surface area contributed by atoms with Crippen LogP contribution < -0.4 is 10.1 Å². The molecule has 0 spiro atoms. The molecule has 0 fully saturated rings. The van der Waals surface area contributed by atoms with Crippen molar-refractivity contribution in [3.63, 3.8) is 0 Å². The predicted molar refractivity (Wildman–Crippen MR) is 60.1 cm³/mol. The van der Waals surface area contributed by atoms with E-state index in [1.165, 1.54) is 12.5 Å². The van der Waals surface area contributed by atoms with E-state index in [0.29, 0.717) is 6.54 Å². The number of rotatable bonds is 4. The van der Waals surface area contributed by atoms with Crippen LogP contribution in [-0.4, -0.2) is 19.6 Å². The standard InChI is InChI=1S/C12H17NO2/c1-9-8-11(4-5-12(9)15-3)6-7-13-10(2)14/h4-5,8H,6-7H2,1-3H3,(H,13,14). The topological polar surface area (TPSA) is 38.3 Å². The number of carbonyl (C=O) groups is 1. The van der Waals surface area contributed by atoms with Gasteiger partial charge in [0.05, 0.1) is 7.11 Å². The fourth-order valence-electron chi connectivity index (χ4n) is 1.48. The minimum Gasteiger partial charge on any atom is -0.496 e. The number of nitrogens with one attached hydrogen (secondary N) is 1. The fraction of sp³-hybridized carbons (Fsp3) is 0.417. The highest BCUT2D eigenvalue weighted by Gasteiger charge is 2.00. The van der Waals surface area contributed by atoms with Gasteiger partial charge in [0.2, 0.25) is 5.91 Å². The predicted octanol–water partition coefficient (Wildman–Crippen LogP) is 1.68. The maximum Gasteiger partial charge on any atom is 0.216 e. The monoisotopic (exact) mass is 207 g/mol. The summed E-state index contributed by atoms with van der Waals surface area (Å²) in [6.45, 7) is 4.22. The summed E-state index contributed by atoms with van der Waals surface area (Å²) in [5.41, 5.74) is 2.33. The molecule has 1 aromatic carbocycles. The van der Waals surface area contributed by atoms with Crippen LogP contribution in [-0.2, 0) is 11.2 Å². The van der Waals surface area contributed by atoms with Gasteiger partial charge in [0.25, 0.3) is 0 Å². The van der Waals surface area contributed by atoms with Gasteiger partial charge in [-0.15, -0.1) is 0 Å². The molecule has 0 unspecified atom stereocenters. The molecular weight excluding hydrogens is 190 g/mol. The van der Waals surface area contributed by atoms with E-state index in [1.807, 2.05) is 19.1 Å². The van der Waals surface area contributed by atoms with Crippen LogP contribution in [0.25, 0.3) is 0 Å². The van der Waals surface area contributed by atoms with Gasteiger partial charge in [0.15, 0.2) is 0 Å². The van der Waals surface area contributed by atoms with Crippen molar-refractivity contribution in [3.8, 4) is 5.75 Å². The van der Waals surface area contributed by atoms with Gasteiger partial charge in [0, 0.05) is 13.5 Å². The Balaban J connectivity index is 2.55. The summed E-state index contributed by atoms with van der Waals surface area (Å²) in [6.07, 6.45) is 0.852. The second kappa shape index (κ2) is 5.39. The van der Waals surface area contributed by atoms with E-state index in [1.54, 1.807) is 7.11 Å². The van der Waals surface area contributed by atoms with E-state index in [2.05, 4.69) is 11.4 Å². The van der Waals surface area contributed by atoms with Gasteiger partial charge in [0.1, 0.15) is 5.75 Å². The summed E-state index contributed by atoms with van der Waals surface area (Å²) in [5.74, 6) is 0.915. The third-order valence-corrected chi connectivity index (χ3v) is 2.25. The second-order valence-corrected chi connectivity index (χ2v) is 3.54. The summed E-state index contributed by atoms with van der Waals surface area (Å²) >= 11 is 0. The Bertz CT molecular complexity index is 347. The van der Waals surface area contributed by atoms with Crippen molar-refractivity contribution in [2.45, 2.75) is 20.3 Å². The molecule has 0 saturated carbocycles. The molecule has 0 saturated heterocycles. The Morgan fingerprint density at radius 2 is 2.20 bits per heavy atom.